The number of rotatable bonds is 5. The van der Waals surface area contributed by atoms with Crippen molar-refractivity contribution >= 4 is 12.0 Å². The van der Waals surface area contributed by atoms with Gasteiger partial charge in [0.25, 0.3) is 0 Å². The number of alkyl carbamates (subject to hydrolysis) is 1. The highest BCUT2D eigenvalue weighted by Crippen LogP contribution is 2.20. The van der Waals surface area contributed by atoms with Crippen molar-refractivity contribution in [3.63, 3.8) is 0 Å². The van der Waals surface area contributed by atoms with Crippen LogP contribution >= 0.6 is 0 Å². The Morgan fingerprint density at radius 1 is 1.11 bits per heavy atom. The number of nitrogens with zero attached hydrogens (tertiary/aromatic N) is 4. The van der Waals surface area contributed by atoms with E-state index < -0.39 is 6.09 Å². The number of nitrogens with one attached hydrogen (secondary N) is 2. The second-order valence-electron chi connectivity index (χ2n) is 6.16. The number of cyclic esters (lactones) is 1. The third kappa shape index (κ3) is 3.84. The molecule has 2 unspecified atom stereocenters. The van der Waals surface area contributed by atoms with Gasteiger partial charge in [0.2, 0.25) is 5.95 Å². The van der Waals surface area contributed by atoms with Crippen LogP contribution in [0.4, 0.5) is 10.7 Å². The summed E-state index contributed by atoms with van der Waals surface area (Å²) in [6.07, 6.45) is 4.81. The monoisotopic (exact) mass is 362 g/mol. The number of benzene rings is 1. The van der Waals surface area contributed by atoms with Gasteiger partial charge in [0.05, 0.1) is 11.7 Å². The Morgan fingerprint density at radius 2 is 1.89 bits per heavy atom. The van der Waals surface area contributed by atoms with E-state index in [0.717, 1.165) is 11.1 Å². The quantitative estimate of drug-likeness (QED) is 0.719. The summed E-state index contributed by atoms with van der Waals surface area (Å²) in [4.78, 5) is 28.8. The second kappa shape index (κ2) is 7.36. The molecule has 0 saturated carbocycles. The number of hydrogen-bond donors (Lipinski definition) is 2. The predicted octanol–water partition coefficient (Wildman–Crippen LogP) is 2.89. The van der Waals surface area contributed by atoms with Crippen LogP contribution in [0.25, 0.3) is 11.1 Å². The molecule has 3 heterocycles. The van der Waals surface area contributed by atoms with Crippen LogP contribution in [-0.4, -0.2) is 32.6 Å². The number of hydrogen-bond acceptors (Lipinski definition) is 7. The lowest BCUT2D eigenvalue weighted by molar-refractivity contribution is 0.177. The standard InChI is InChI=1S/C19H18N6O2/c1-12(17-21-9-14(10-22-17)13-5-3-2-4-6-13)23-18-20-8-7-15(24-18)16-11-27-19(26)25-16/h2-10,12,16H,11H2,1H3,(H,25,26)(H,20,23,24). The number of ether oxygens (including phenoxy) is 1. The maximum atomic E-state index is 11.2. The molecule has 1 fully saturated rings. The Kier molecular flexibility index (Phi) is 4.61. The first-order valence-electron chi connectivity index (χ1n) is 8.59. The van der Waals surface area contributed by atoms with E-state index in [0.29, 0.717) is 17.5 Å². The van der Waals surface area contributed by atoms with Crippen molar-refractivity contribution in [2.45, 2.75) is 19.0 Å². The van der Waals surface area contributed by atoms with Crippen molar-refractivity contribution in [1.29, 1.82) is 0 Å². The van der Waals surface area contributed by atoms with Gasteiger partial charge in [-0.05, 0) is 18.6 Å². The van der Waals surface area contributed by atoms with Gasteiger partial charge in [-0.3, -0.25) is 0 Å². The first-order valence-corrected chi connectivity index (χ1v) is 8.59. The molecule has 136 valence electrons. The summed E-state index contributed by atoms with van der Waals surface area (Å²) in [7, 11) is 0. The molecular weight excluding hydrogens is 344 g/mol. The fourth-order valence-corrected chi connectivity index (χ4v) is 2.78. The van der Waals surface area contributed by atoms with E-state index in [1.807, 2.05) is 37.3 Å². The number of anilines is 1. The molecule has 4 rings (SSSR count). The summed E-state index contributed by atoms with van der Waals surface area (Å²) in [6, 6.07) is 11.3. The highest BCUT2D eigenvalue weighted by atomic mass is 16.6. The molecule has 1 saturated heterocycles. The first kappa shape index (κ1) is 16.9. The van der Waals surface area contributed by atoms with Crippen molar-refractivity contribution < 1.29 is 9.53 Å². The molecule has 0 spiro atoms. The van der Waals surface area contributed by atoms with Gasteiger partial charge in [0, 0.05) is 24.2 Å². The third-order valence-corrected chi connectivity index (χ3v) is 4.22. The second-order valence-corrected chi connectivity index (χ2v) is 6.16. The normalized spacial score (nSPS) is 17.1. The van der Waals surface area contributed by atoms with Gasteiger partial charge in [-0.15, -0.1) is 0 Å². The molecular formula is C19H18N6O2. The Hall–Kier alpha value is -3.55. The summed E-state index contributed by atoms with van der Waals surface area (Å²) in [5.41, 5.74) is 2.72. The molecule has 2 atom stereocenters. The number of carbonyl (C=O) groups is 1. The van der Waals surface area contributed by atoms with Crippen LogP contribution in [0.15, 0.2) is 55.0 Å². The maximum Gasteiger partial charge on any atom is 0.407 e. The predicted molar refractivity (Wildman–Crippen MR) is 98.8 cm³/mol. The van der Waals surface area contributed by atoms with Gasteiger partial charge >= 0.3 is 6.09 Å². The largest absolute Gasteiger partial charge is 0.447 e. The van der Waals surface area contributed by atoms with Gasteiger partial charge in [-0.2, -0.15) is 0 Å². The van der Waals surface area contributed by atoms with Crippen LogP contribution in [0.5, 0.6) is 0 Å². The molecule has 1 aliphatic rings. The fraction of sp³-hybridized carbons (Fsp3) is 0.211. The first-order chi connectivity index (χ1) is 13.2. The number of amides is 1. The van der Waals surface area contributed by atoms with E-state index in [-0.39, 0.29) is 18.7 Å². The maximum absolute atomic E-state index is 11.2. The topological polar surface area (TPSA) is 102 Å². The minimum Gasteiger partial charge on any atom is -0.447 e. The fourth-order valence-electron chi connectivity index (χ4n) is 2.78. The van der Waals surface area contributed by atoms with E-state index in [2.05, 4.69) is 30.6 Å². The van der Waals surface area contributed by atoms with Crippen LogP contribution < -0.4 is 10.6 Å². The van der Waals surface area contributed by atoms with Crippen molar-refractivity contribution in [3.05, 3.63) is 66.5 Å². The van der Waals surface area contributed by atoms with Gasteiger partial charge in [0.1, 0.15) is 18.5 Å². The van der Waals surface area contributed by atoms with Crippen molar-refractivity contribution in [3.8, 4) is 11.1 Å². The van der Waals surface area contributed by atoms with Crippen molar-refractivity contribution in [2.75, 3.05) is 11.9 Å². The van der Waals surface area contributed by atoms with Crippen LogP contribution in [0.3, 0.4) is 0 Å². The molecule has 8 heteroatoms. The lowest BCUT2D eigenvalue weighted by atomic mass is 10.1. The molecule has 0 bridgehead atoms. The van der Waals surface area contributed by atoms with Crippen LogP contribution in [-0.2, 0) is 4.74 Å². The molecule has 3 aromatic rings. The third-order valence-electron chi connectivity index (χ3n) is 4.22. The van der Waals surface area contributed by atoms with Crippen LogP contribution in [0.1, 0.15) is 30.5 Å². The Bertz CT molecular complexity index is 932. The lowest BCUT2D eigenvalue weighted by Crippen LogP contribution is -2.20. The molecule has 2 N–H and O–H groups in total. The van der Waals surface area contributed by atoms with Gasteiger partial charge in [-0.1, -0.05) is 30.3 Å². The highest BCUT2D eigenvalue weighted by Gasteiger charge is 2.25. The molecule has 27 heavy (non-hydrogen) atoms. The minimum absolute atomic E-state index is 0.181. The van der Waals surface area contributed by atoms with Crippen LogP contribution in [0.2, 0.25) is 0 Å². The van der Waals surface area contributed by atoms with E-state index in [9.17, 15) is 4.79 Å². The summed E-state index contributed by atoms with van der Waals surface area (Å²) in [5, 5.41) is 5.89. The number of carbonyl (C=O) groups excluding carboxylic acids is 1. The summed E-state index contributed by atoms with van der Waals surface area (Å²) >= 11 is 0. The molecule has 0 aliphatic carbocycles. The van der Waals surface area contributed by atoms with Crippen molar-refractivity contribution in [1.82, 2.24) is 25.3 Å². The molecule has 1 aliphatic heterocycles. The van der Waals surface area contributed by atoms with Gasteiger partial charge in [0.15, 0.2) is 0 Å². The highest BCUT2D eigenvalue weighted by molar-refractivity contribution is 5.69. The van der Waals surface area contributed by atoms with E-state index in [4.69, 9.17) is 4.74 Å². The van der Waals surface area contributed by atoms with E-state index in [1.54, 1.807) is 24.7 Å². The smallest absolute Gasteiger partial charge is 0.407 e. The summed E-state index contributed by atoms with van der Waals surface area (Å²) < 4.78 is 4.91. The zero-order valence-electron chi connectivity index (χ0n) is 14.7. The van der Waals surface area contributed by atoms with Gasteiger partial charge in [-0.25, -0.2) is 24.7 Å². The molecule has 1 aromatic carbocycles. The number of aromatic nitrogens is 4. The average molecular weight is 362 g/mol. The molecule has 1 amide bonds. The van der Waals surface area contributed by atoms with Gasteiger partial charge < -0.3 is 15.4 Å². The Labute approximate surface area is 156 Å². The zero-order chi connectivity index (χ0) is 18.6. The lowest BCUT2D eigenvalue weighted by Gasteiger charge is -2.14. The van der Waals surface area contributed by atoms with Crippen molar-refractivity contribution in [2.24, 2.45) is 0 Å². The van der Waals surface area contributed by atoms with E-state index in [1.165, 1.54) is 0 Å². The summed E-state index contributed by atoms with van der Waals surface area (Å²) in [6.45, 7) is 2.20. The minimum atomic E-state index is -0.437. The summed E-state index contributed by atoms with van der Waals surface area (Å²) in [5.74, 6) is 1.08. The molecule has 0 radical (unpaired) electrons. The van der Waals surface area contributed by atoms with E-state index >= 15 is 0 Å². The Balaban J connectivity index is 1.46. The SMILES string of the molecule is CC(Nc1nccc(C2COC(=O)N2)n1)c1ncc(-c2ccccc2)cn1. The molecule has 2 aromatic heterocycles. The zero-order valence-corrected chi connectivity index (χ0v) is 14.7. The molecule has 8 nitrogen and oxygen atoms in total. The average Bonchev–Trinajstić information content (AvgIpc) is 3.15. The van der Waals surface area contributed by atoms with Crippen LogP contribution in [0, 0.1) is 0 Å². The Morgan fingerprint density at radius 3 is 2.59 bits per heavy atom.